The first-order valence-electron chi connectivity index (χ1n) is 7.89. The molecule has 1 aromatic carbocycles. The van der Waals surface area contributed by atoms with E-state index < -0.39 is 5.54 Å². The summed E-state index contributed by atoms with van der Waals surface area (Å²) in [7, 11) is 0. The van der Waals surface area contributed by atoms with Crippen LogP contribution in [0.5, 0.6) is 0 Å². The zero-order valence-electron chi connectivity index (χ0n) is 12.6. The molecule has 21 heavy (non-hydrogen) atoms. The number of carbonyl (C=O) groups is 1. The van der Waals surface area contributed by atoms with E-state index in [1.807, 2.05) is 24.3 Å². The lowest BCUT2D eigenvalue weighted by Crippen LogP contribution is -2.54. The monoisotopic (exact) mass is 288 g/mol. The van der Waals surface area contributed by atoms with Gasteiger partial charge in [0.05, 0.1) is 18.1 Å². The van der Waals surface area contributed by atoms with Crippen LogP contribution >= 0.6 is 0 Å². The Morgan fingerprint density at radius 2 is 2.10 bits per heavy atom. The second-order valence-corrected chi connectivity index (χ2v) is 6.63. The van der Waals surface area contributed by atoms with Gasteiger partial charge < -0.3 is 15.7 Å². The Kier molecular flexibility index (Phi) is 3.89. The van der Waals surface area contributed by atoms with Crippen LogP contribution in [0.4, 0.5) is 5.69 Å². The molecule has 4 nitrogen and oxygen atoms in total. The van der Waals surface area contributed by atoms with E-state index in [-0.39, 0.29) is 18.4 Å². The Balaban J connectivity index is 1.72. The molecular formula is C17H24N2O2. The van der Waals surface area contributed by atoms with E-state index in [0.29, 0.717) is 12.5 Å². The van der Waals surface area contributed by atoms with Crippen molar-refractivity contribution in [3.63, 3.8) is 0 Å². The summed E-state index contributed by atoms with van der Waals surface area (Å²) >= 11 is 0. The van der Waals surface area contributed by atoms with Crippen molar-refractivity contribution in [3.05, 3.63) is 29.8 Å². The number of hydrogen-bond acceptors (Lipinski definition) is 3. The predicted molar refractivity (Wildman–Crippen MR) is 83.3 cm³/mol. The molecule has 1 atom stereocenters. The molecule has 0 aromatic heterocycles. The predicted octanol–water partition coefficient (Wildman–Crippen LogP) is 2.25. The third-order valence-electron chi connectivity index (χ3n) is 5.07. The van der Waals surface area contributed by atoms with E-state index in [0.717, 1.165) is 36.9 Å². The van der Waals surface area contributed by atoms with Crippen molar-refractivity contribution in [1.82, 2.24) is 5.32 Å². The number of benzene rings is 1. The Bertz CT molecular complexity index is 521. The van der Waals surface area contributed by atoms with E-state index in [1.165, 1.54) is 0 Å². The van der Waals surface area contributed by atoms with Crippen molar-refractivity contribution >= 4 is 11.6 Å². The summed E-state index contributed by atoms with van der Waals surface area (Å²) in [6, 6.07) is 7.96. The molecule has 1 unspecified atom stereocenters. The maximum absolute atomic E-state index is 12.7. The zero-order valence-corrected chi connectivity index (χ0v) is 12.6. The normalized spacial score (nSPS) is 31.3. The lowest BCUT2D eigenvalue weighted by Gasteiger charge is -2.39. The summed E-state index contributed by atoms with van der Waals surface area (Å²) < 4.78 is 0. The number of hydrogen-bond donors (Lipinski definition) is 3. The van der Waals surface area contributed by atoms with Gasteiger partial charge in [0.15, 0.2) is 0 Å². The van der Waals surface area contributed by atoms with Gasteiger partial charge in [-0.05, 0) is 43.2 Å². The number of aliphatic hydroxyl groups is 1. The van der Waals surface area contributed by atoms with E-state index in [2.05, 4.69) is 17.6 Å². The summed E-state index contributed by atoms with van der Waals surface area (Å²) in [6.45, 7) is 2.91. The fourth-order valence-corrected chi connectivity index (χ4v) is 3.50. The summed E-state index contributed by atoms with van der Waals surface area (Å²) in [4.78, 5) is 12.7. The maximum Gasteiger partial charge on any atom is 0.229 e. The average Bonchev–Trinajstić information content (AvgIpc) is 2.94. The number of nitrogens with one attached hydrogen (secondary N) is 2. The van der Waals surface area contributed by atoms with Gasteiger partial charge in [-0.3, -0.25) is 4.79 Å². The highest BCUT2D eigenvalue weighted by atomic mass is 16.3. The summed E-state index contributed by atoms with van der Waals surface area (Å²) in [5, 5.41) is 16.2. The molecule has 0 bridgehead atoms. The first-order valence-corrected chi connectivity index (χ1v) is 7.89. The lowest BCUT2D eigenvalue weighted by atomic mass is 9.77. The molecule has 1 aliphatic carbocycles. The van der Waals surface area contributed by atoms with Crippen molar-refractivity contribution in [2.24, 2.45) is 5.92 Å². The molecule has 0 saturated heterocycles. The highest BCUT2D eigenvalue weighted by molar-refractivity contribution is 5.88. The van der Waals surface area contributed by atoms with Crippen LogP contribution in [0, 0.1) is 5.92 Å². The van der Waals surface area contributed by atoms with E-state index in [1.54, 1.807) is 0 Å². The lowest BCUT2D eigenvalue weighted by molar-refractivity contribution is -0.125. The van der Waals surface area contributed by atoms with Crippen molar-refractivity contribution in [2.75, 3.05) is 18.5 Å². The molecule has 1 aromatic rings. The van der Waals surface area contributed by atoms with Crippen molar-refractivity contribution in [2.45, 2.75) is 44.1 Å². The van der Waals surface area contributed by atoms with Crippen molar-refractivity contribution in [1.29, 1.82) is 0 Å². The molecule has 3 N–H and O–H groups in total. The number of amides is 1. The van der Waals surface area contributed by atoms with Gasteiger partial charge in [-0.15, -0.1) is 0 Å². The number of fused-ring (bicyclic) bond motifs is 1. The molecule has 2 aliphatic rings. The molecule has 3 rings (SSSR count). The second kappa shape index (κ2) is 5.68. The van der Waals surface area contributed by atoms with Gasteiger partial charge in [-0.2, -0.15) is 0 Å². The van der Waals surface area contributed by atoms with Gasteiger partial charge in [-0.1, -0.05) is 25.1 Å². The molecule has 114 valence electrons. The Hall–Kier alpha value is -1.55. The van der Waals surface area contributed by atoms with E-state index >= 15 is 0 Å². The number of aliphatic hydroxyl groups excluding tert-OH is 1. The molecule has 1 saturated carbocycles. The summed E-state index contributed by atoms with van der Waals surface area (Å²) in [6.07, 6.45) is 3.89. The molecule has 0 spiro atoms. The highest BCUT2D eigenvalue weighted by Crippen LogP contribution is 2.35. The van der Waals surface area contributed by atoms with Crippen LogP contribution in [-0.2, 0) is 4.79 Å². The van der Waals surface area contributed by atoms with Gasteiger partial charge in [0.2, 0.25) is 5.91 Å². The van der Waals surface area contributed by atoms with Crippen LogP contribution in [0.15, 0.2) is 24.3 Å². The minimum atomic E-state index is -0.416. The molecule has 1 fully saturated rings. The van der Waals surface area contributed by atoms with Crippen LogP contribution in [0.2, 0.25) is 0 Å². The average molecular weight is 288 g/mol. The molecule has 1 amide bonds. The maximum atomic E-state index is 12.7. The van der Waals surface area contributed by atoms with E-state index in [4.69, 9.17) is 0 Å². The standard InChI is InChI=1S/C17H24N2O2/c1-12-6-8-17(11-20,9-7-12)19-16(21)14-10-18-15-5-3-2-4-13(14)15/h2-5,12,14,18,20H,6-11H2,1H3,(H,19,21). The van der Waals surface area contributed by atoms with Crippen LogP contribution < -0.4 is 10.6 Å². The third kappa shape index (κ3) is 2.77. The quantitative estimate of drug-likeness (QED) is 0.799. The van der Waals surface area contributed by atoms with Gasteiger partial charge in [-0.25, -0.2) is 0 Å². The van der Waals surface area contributed by atoms with Crippen LogP contribution in [0.25, 0.3) is 0 Å². The first kappa shape index (κ1) is 14.4. The third-order valence-corrected chi connectivity index (χ3v) is 5.07. The molecule has 1 heterocycles. The fourth-order valence-electron chi connectivity index (χ4n) is 3.50. The topological polar surface area (TPSA) is 61.4 Å². The smallest absolute Gasteiger partial charge is 0.229 e. The number of anilines is 1. The fraction of sp³-hybridized carbons (Fsp3) is 0.588. The molecular weight excluding hydrogens is 264 g/mol. The zero-order chi connectivity index (χ0) is 14.9. The minimum absolute atomic E-state index is 0.0350. The highest BCUT2D eigenvalue weighted by Gasteiger charge is 2.38. The van der Waals surface area contributed by atoms with Gasteiger partial charge in [0.25, 0.3) is 0 Å². The Morgan fingerprint density at radius 3 is 2.81 bits per heavy atom. The molecule has 0 radical (unpaired) electrons. The van der Waals surface area contributed by atoms with Crippen LogP contribution in [0.3, 0.4) is 0 Å². The SMILES string of the molecule is CC1CCC(CO)(NC(=O)C2CNc3ccccc32)CC1. The Labute approximate surface area is 125 Å². The Morgan fingerprint density at radius 1 is 1.38 bits per heavy atom. The second-order valence-electron chi connectivity index (χ2n) is 6.63. The van der Waals surface area contributed by atoms with Crippen LogP contribution in [0.1, 0.15) is 44.1 Å². The molecule has 4 heteroatoms. The van der Waals surface area contributed by atoms with E-state index in [9.17, 15) is 9.90 Å². The summed E-state index contributed by atoms with van der Waals surface area (Å²) in [5.74, 6) is 0.579. The van der Waals surface area contributed by atoms with Gasteiger partial charge >= 0.3 is 0 Å². The van der Waals surface area contributed by atoms with Gasteiger partial charge in [0.1, 0.15) is 0 Å². The number of rotatable bonds is 3. The van der Waals surface area contributed by atoms with Gasteiger partial charge in [0, 0.05) is 12.2 Å². The largest absolute Gasteiger partial charge is 0.394 e. The number of para-hydroxylation sites is 1. The number of carbonyl (C=O) groups excluding carboxylic acids is 1. The van der Waals surface area contributed by atoms with Crippen LogP contribution in [-0.4, -0.2) is 29.7 Å². The minimum Gasteiger partial charge on any atom is -0.394 e. The van der Waals surface area contributed by atoms with Crippen molar-refractivity contribution in [3.8, 4) is 0 Å². The van der Waals surface area contributed by atoms with Crippen molar-refractivity contribution < 1.29 is 9.90 Å². The molecule has 1 aliphatic heterocycles. The summed E-state index contributed by atoms with van der Waals surface area (Å²) in [5.41, 5.74) is 1.70. The first-order chi connectivity index (χ1) is 10.1.